The zero-order valence-electron chi connectivity index (χ0n) is 12.1. The number of amidine groups is 1. The molecule has 108 valence electrons. The molecule has 2 aromatic carbocycles. The molecule has 1 atom stereocenters. The van der Waals surface area contributed by atoms with Crippen molar-refractivity contribution in [2.45, 2.75) is 19.4 Å². The van der Waals surface area contributed by atoms with Crippen molar-refractivity contribution < 1.29 is 10.1 Å². The summed E-state index contributed by atoms with van der Waals surface area (Å²) in [5, 5.41) is 2.69. The summed E-state index contributed by atoms with van der Waals surface area (Å²) in [6.07, 6.45) is 0. The molecule has 1 unspecified atom stereocenters. The number of quaternary nitrogens is 1. The standard InChI is InChI=1S/C17H17ClN2O/c1-3-19-16-20-15-10-9-13(18)11-14(15)17(2,21-16)12-7-5-4-6-8-12/h4-11H,3H2,1-2H3,(H,19,20)/p+1. The van der Waals surface area contributed by atoms with E-state index in [4.69, 9.17) is 16.3 Å². The third-order valence-corrected chi connectivity index (χ3v) is 3.95. The van der Waals surface area contributed by atoms with Crippen LogP contribution in [-0.4, -0.2) is 12.6 Å². The lowest BCUT2D eigenvalue weighted by Crippen LogP contribution is -2.89. The molecule has 0 amide bonds. The van der Waals surface area contributed by atoms with Crippen molar-refractivity contribution in [1.29, 1.82) is 0 Å². The Morgan fingerprint density at radius 2 is 1.95 bits per heavy atom. The molecule has 3 rings (SSSR count). The van der Waals surface area contributed by atoms with Gasteiger partial charge in [0.15, 0.2) is 5.60 Å². The van der Waals surface area contributed by atoms with Crippen LogP contribution in [0.3, 0.4) is 0 Å². The number of halogens is 1. The number of ether oxygens (including phenoxy) is 1. The van der Waals surface area contributed by atoms with E-state index in [0.717, 1.165) is 23.4 Å². The van der Waals surface area contributed by atoms with Crippen molar-refractivity contribution in [3.05, 3.63) is 64.7 Å². The molecule has 0 saturated carbocycles. The third kappa shape index (κ3) is 2.55. The first kappa shape index (κ1) is 14.1. The third-order valence-electron chi connectivity index (χ3n) is 3.72. The zero-order chi connectivity index (χ0) is 14.9. The van der Waals surface area contributed by atoms with Crippen LogP contribution in [-0.2, 0) is 10.3 Å². The topological polar surface area (TPSA) is 38.2 Å². The lowest BCUT2D eigenvalue weighted by atomic mass is 9.86. The van der Waals surface area contributed by atoms with Crippen LogP contribution in [0.25, 0.3) is 0 Å². The average Bonchev–Trinajstić information content (AvgIpc) is 2.49. The van der Waals surface area contributed by atoms with E-state index in [0.29, 0.717) is 11.0 Å². The van der Waals surface area contributed by atoms with Crippen LogP contribution in [0.2, 0.25) is 5.02 Å². The number of fused-ring (bicyclic) bond motifs is 1. The number of hydrogen-bond donors (Lipinski definition) is 1. The Balaban J connectivity index is 2.18. The fourth-order valence-corrected chi connectivity index (χ4v) is 2.80. The van der Waals surface area contributed by atoms with E-state index < -0.39 is 5.60 Å². The SMILES string of the molecule is CC[NH2+]C1=Nc2ccc(Cl)cc2C(C)(c2ccccc2)O1. The summed E-state index contributed by atoms with van der Waals surface area (Å²) < 4.78 is 6.22. The van der Waals surface area contributed by atoms with Crippen LogP contribution in [0.15, 0.2) is 53.5 Å². The molecule has 1 aliphatic heterocycles. The highest BCUT2D eigenvalue weighted by molar-refractivity contribution is 6.30. The molecule has 0 spiro atoms. The molecule has 21 heavy (non-hydrogen) atoms. The Hall–Kier alpha value is -1.84. The van der Waals surface area contributed by atoms with Gasteiger partial charge in [0.2, 0.25) is 0 Å². The second-order valence-electron chi connectivity index (χ2n) is 5.23. The zero-order valence-corrected chi connectivity index (χ0v) is 12.9. The fraction of sp³-hybridized carbons (Fsp3) is 0.235. The van der Waals surface area contributed by atoms with Crippen molar-refractivity contribution in [1.82, 2.24) is 0 Å². The number of nitrogens with zero attached hydrogens (tertiary/aromatic N) is 1. The van der Waals surface area contributed by atoms with E-state index in [9.17, 15) is 0 Å². The number of nitrogens with two attached hydrogens (primary N) is 1. The highest BCUT2D eigenvalue weighted by Crippen LogP contribution is 2.42. The molecule has 0 bridgehead atoms. The van der Waals surface area contributed by atoms with Gasteiger partial charge in [0.05, 0.1) is 12.2 Å². The highest BCUT2D eigenvalue weighted by Gasteiger charge is 2.39. The minimum Gasteiger partial charge on any atom is -0.420 e. The second kappa shape index (κ2) is 5.51. The molecule has 0 fully saturated rings. The maximum atomic E-state index is 6.22. The van der Waals surface area contributed by atoms with Crippen molar-refractivity contribution in [3.8, 4) is 0 Å². The smallest absolute Gasteiger partial charge is 0.397 e. The molecule has 1 aliphatic rings. The molecule has 2 N–H and O–H groups in total. The largest absolute Gasteiger partial charge is 0.420 e. The van der Waals surface area contributed by atoms with E-state index in [1.165, 1.54) is 0 Å². The van der Waals surface area contributed by atoms with Crippen LogP contribution in [0.4, 0.5) is 5.69 Å². The monoisotopic (exact) mass is 301 g/mol. The summed E-state index contributed by atoms with van der Waals surface area (Å²) in [7, 11) is 0. The van der Waals surface area contributed by atoms with Gasteiger partial charge in [-0.1, -0.05) is 41.9 Å². The van der Waals surface area contributed by atoms with Gasteiger partial charge in [0.1, 0.15) is 0 Å². The van der Waals surface area contributed by atoms with Crippen molar-refractivity contribution >= 4 is 23.3 Å². The fourth-order valence-electron chi connectivity index (χ4n) is 2.63. The normalized spacial score (nSPS) is 20.4. The average molecular weight is 302 g/mol. The maximum absolute atomic E-state index is 6.22. The predicted molar refractivity (Wildman–Crippen MR) is 85.0 cm³/mol. The summed E-state index contributed by atoms with van der Waals surface area (Å²) in [4.78, 5) is 4.58. The van der Waals surface area contributed by atoms with E-state index in [-0.39, 0.29) is 0 Å². The highest BCUT2D eigenvalue weighted by atomic mass is 35.5. The minimum absolute atomic E-state index is 0.579. The molecule has 3 nitrogen and oxygen atoms in total. The number of aliphatic imine (C=N–C) groups is 1. The first-order valence-electron chi connectivity index (χ1n) is 7.10. The van der Waals surface area contributed by atoms with E-state index in [1.807, 2.05) is 41.7 Å². The Kier molecular flexibility index (Phi) is 3.70. The lowest BCUT2D eigenvalue weighted by Gasteiger charge is -2.34. The van der Waals surface area contributed by atoms with Gasteiger partial charge in [-0.15, -0.1) is 0 Å². The molecule has 4 heteroatoms. The molecule has 2 aromatic rings. The van der Waals surface area contributed by atoms with Gasteiger partial charge >= 0.3 is 6.02 Å². The van der Waals surface area contributed by atoms with Crippen molar-refractivity contribution in [3.63, 3.8) is 0 Å². The maximum Gasteiger partial charge on any atom is 0.397 e. The molecular weight excluding hydrogens is 284 g/mol. The van der Waals surface area contributed by atoms with Crippen LogP contribution in [0.1, 0.15) is 25.0 Å². The molecule has 0 aromatic heterocycles. The second-order valence-corrected chi connectivity index (χ2v) is 5.66. The Morgan fingerprint density at radius 1 is 1.19 bits per heavy atom. The van der Waals surface area contributed by atoms with Gasteiger partial charge in [0, 0.05) is 16.1 Å². The van der Waals surface area contributed by atoms with E-state index in [1.54, 1.807) is 0 Å². The minimum atomic E-state index is -0.579. The van der Waals surface area contributed by atoms with Crippen molar-refractivity contribution in [2.75, 3.05) is 6.54 Å². The van der Waals surface area contributed by atoms with Crippen LogP contribution < -0.4 is 5.32 Å². The first-order valence-corrected chi connectivity index (χ1v) is 7.48. The van der Waals surface area contributed by atoms with Gasteiger partial charge in [-0.05, 0) is 32.0 Å². The van der Waals surface area contributed by atoms with Gasteiger partial charge in [0.25, 0.3) is 0 Å². The Bertz CT molecular complexity index is 684. The van der Waals surface area contributed by atoms with Gasteiger partial charge < -0.3 is 4.74 Å². The first-order chi connectivity index (χ1) is 10.1. The summed E-state index contributed by atoms with van der Waals surface area (Å²) in [5.41, 5.74) is 2.42. The van der Waals surface area contributed by atoms with E-state index >= 15 is 0 Å². The summed E-state index contributed by atoms with van der Waals surface area (Å²) in [6.45, 7) is 5.02. The van der Waals surface area contributed by atoms with Gasteiger partial charge in [-0.2, -0.15) is 4.99 Å². The lowest BCUT2D eigenvalue weighted by molar-refractivity contribution is -0.555. The van der Waals surface area contributed by atoms with Gasteiger partial charge in [-0.3, -0.25) is 5.32 Å². The number of benzene rings is 2. The number of hydrogen-bond acceptors (Lipinski definition) is 2. The molecular formula is C17H18ClN2O+. The molecule has 0 aliphatic carbocycles. The molecule has 0 saturated heterocycles. The summed E-state index contributed by atoms with van der Waals surface area (Å²) in [6, 6.07) is 16.6. The van der Waals surface area contributed by atoms with E-state index in [2.05, 4.69) is 31.0 Å². The predicted octanol–water partition coefficient (Wildman–Crippen LogP) is 3.20. The van der Waals surface area contributed by atoms with Crippen molar-refractivity contribution in [2.24, 2.45) is 4.99 Å². The molecule has 0 radical (unpaired) electrons. The van der Waals surface area contributed by atoms with Crippen LogP contribution in [0, 0.1) is 0 Å². The van der Waals surface area contributed by atoms with Crippen LogP contribution in [0.5, 0.6) is 0 Å². The Labute approximate surface area is 129 Å². The summed E-state index contributed by atoms with van der Waals surface area (Å²) in [5.74, 6) is 0. The Morgan fingerprint density at radius 3 is 2.67 bits per heavy atom. The van der Waals surface area contributed by atoms with Crippen LogP contribution >= 0.6 is 11.6 Å². The quantitative estimate of drug-likeness (QED) is 0.909. The number of rotatable bonds is 2. The summed E-state index contributed by atoms with van der Waals surface area (Å²) >= 11 is 6.18. The van der Waals surface area contributed by atoms with Gasteiger partial charge in [-0.25, -0.2) is 0 Å². The molecule has 1 heterocycles.